The number of carbonyl (C=O) groups is 1. The molecule has 1 N–H and O–H groups in total. The lowest BCUT2D eigenvalue weighted by molar-refractivity contribution is 0.102. The van der Waals surface area contributed by atoms with Gasteiger partial charge >= 0.3 is 0 Å². The summed E-state index contributed by atoms with van der Waals surface area (Å²) >= 11 is 0. The standard InChI is InChI=1S/C15H11N7O/c23-14(13-11-4-1-2-8-21(11)10-18-13)19-12-5-9-22(20-12)15-16-6-3-7-17-15/h1-10H,(H,19,20,23). The zero-order valence-electron chi connectivity index (χ0n) is 11.9. The van der Waals surface area contributed by atoms with Crippen LogP contribution in [-0.2, 0) is 0 Å². The largest absolute Gasteiger partial charge is 0.305 e. The molecule has 0 bridgehead atoms. The summed E-state index contributed by atoms with van der Waals surface area (Å²) in [5.74, 6) is 0.512. The average Bonchev–Trinajstić information content (AvgIpc) is 3.22. The molecule has 0 aliphatic carbocycles. The Morgan fingerprint density at radius 3 is 2.74 bits per heavy atom. The SMILES string of the molecule is O=C(Nc1ccn(-c2ncccn2)n1)c1ncn2ccccc12. The number of pyridine rings is 1. The van der Waals surface area contributed by atoms with E-state index in [1.165, 1.54) is 4.68 Å². The normalized spacial score (nSPS) is 10.8. The third-order valence-electron chi connectivity index (χ3n) is 3.25. The predicted molar refractivity (Wildman–Crippen MR) is 82.3 cm³/mol. The first-order valence-electron chi connectivity index (χ1n) is 6.87. The molecule has 0 aliphatic heterocycles. The number of hydrogen-bond acceptors (Lipinski definition) is 5. The molecule has 0 radical (unpaired) electrons. The lowest BCUT2D eigenvalue weighted by atomic mass is 10.3. The molecule has 0 unspecified atom stereocenters. The topological polar surface area (TPSA) is 90.0 Å². The van der Waals surface area contributed by atoms with Gasteiger partial charge in [-0.1, -0.05) is 6.07 Å². The Balaban J connectivity index is 1.59. The molecule has 4 heterocycles. The molecule has 4 rings (SSSR count). The van der Waals surface area contributed by atoms with Gasteiger partial charge in [-0.05, 0) is 18.2 Å². The van der Waals surface area contributed by atoms with E-state index < -0.39 is 0 Å². The Kier molecular flexibility index (Phi) is 3.05. The fourth-order valence-electron chi connectivity index (χ4n) is 2.21. The summed E-state index contributed by atoms with van der Waals surface area (Å²) in [5.41, 5.74) is 1.08. The minimum Gasteiger partial charge on any atom is -0.305 e. The first kappa shape index (κ1) is 13.1. The third kappa shape index (κ3) is 2.42. The molecule has 23 heavy (non-hydrogen) atoms. The van der Waals surface area contributed by atoms with Gasteiger partial charge in [0.2, 0.25) is 5.95 Å². The van der Waals surface area contributed by atoms with Crippen LogP contribution in [0.15, 0.2) is 61.4 Å². The van der Waals surface area contributed by atoms with Gasteiger partial charge in [-0.15, -0.1) is 5.10 Å². The number of carbonyl (C=O) groups excluding carboxylic acids is 1. The highest BCUT2D eigenvalue weighted by Crippen LogP contribution is 2.12. The van der Waals surface area contributed by atoms with Crippen LogP contribution < -0.4 is 5.32 Å². The molecule has 0 saturated heterocycles. The number of amides is 1. The van der Waals surface area contributed by atoms with Crippen molar-refractivity contribution >= 4 is 17.2 Å². The van der Waals surface area contributed by atoms with E-state index in [1.807, 2.05) is 24.4 Å². The molecule has 0 aliphatic rings. The van der Waals surface area contributed by atoms with Crippen LogP contribution in [0, 0.1) is 0 Å². The van der Waals surface area contributed by atoms with E-state index in [1.54, 1.807) is 41.5 Å². The summed E-state index contributed by atoms with van der Waals surface area (Å²) < 4.78 is 3.27. The summed E-state index contributed by atoms with van der Waals surface area (Å²) in [7, 11) is 0. The Hall–Kier alpha value is -3.55. The van der Waals surface area contributed by atoms with Crippen LogP contribution >= 0.6 is 0 Å². The first-order chi connectivity index (χ1) is 11.3. The van der Waals surface area contributed by atoms with Gasteiger partial charge < -0.3 is 9.72 Å². The summed E-state index contributed by atoms with van der Waals surface area (Å²) in [6.07, 6.45) is 8.36. The smallest absolute Gasteiger partial charge is 0.277 e. The average molecular weight is 305 g/mol. The summed E-state index contributed by atoms with van der Waals surface area (Å²) in [6, 6.07) is 8.96. The van der Waals surface area contributed by atoms with Crippen molar-refractivity contribution in [3.05, 3.63) is 67.1 Å². The molecule has 0 spiro atoms. The molecule has 0 aromatic carbocycles. The molecule has 0 fully saturated rings. The van der Waals surface area contributed by atoms with E-state index in [0.717, 1.165) is 5.52 Å². The summed E-state index contributed by atoms with van der Waals surface area (Å²) in [4.78, 5) is 24.7. The number of aromatic nitrogens is 6. The van der Waals surface area contributed by atoms with Crippen LogP contribution in [-0.4, -0.2) is 35.0 Å². The third-order valence-corrected chi connectivity index (χ3v) is 3.25. The van der Waals surface area contributed by atoms with E-state index in [9.17, 15) is 4.79 Å². The fourth-order valence-corrected chi connectivity index (χ4v) is 2.21. The van der Waals surface area contributed by atoms with Crippen molar-refractivity contribution < 1.29 is 4.79 Å². The van der Waals surface area contributed by atoms with Crippen molar-refractivity contribution in [1.29, 1.82) is 0 Å². The molecule has 0 saturated carbocycles. The second-order valence-electron chi connectivity index (χ2n) is 4.73. The number of rotatable bonds is 3. The van der Waals surface area contributed by atoms with Crippen LogP contribution in [0.5, 0.6) is 0 Å². The summed E-state index contributed by atoms with van der Waals surface area (Å²) in [5, 5.41) is 6.96. The molecular formula is C15H11N7O. The Bertz CT molecular complexity index is 974. The van der Waals surface area contributed by atoms with Crippen molar-refractivity contribution in [2.75, 3.05) is 5.32 Å². The zero-order chi connectivity index (χ0) is 15.6. The van der Waals surface area contributed by atoms with E-state index in [2.05, 4.69) is 25.4 Å². The van der Waals surface area contributed by atoms with Crippen molar-refractivity contribution in [2.45, 2.75) is 0 Å². The number of nitrogens with one attached hydrogen (secondary N) is 1. The second-order valence-corrected chi connectivity index (χ2v) is 4.73. The molecule has 112 valence electrons. The molecule has 4 aromatic heterocycles. The minimum absolute atomic E-state index is 0.321. The second kappa shape index (κ2) is 5.34. The van der Waals surface area contributed by atoms with Gasteiger partial charge in [-0.3, -0.25) is 4.79 Å². The maximum Gasteiger partial charge on any atom is 0.277 e. The monoisotopic (exact) mass is 305 g/mol. The number of hydrogen-bond donors (Lipinski definition) is 1. The first-order valence-corrected chi connectivity index (χ1v) is 6.87. The zero-order valence-corrected chi connectivity index (χ0v) is 11.9. The quantitative estimate of drug-likeness (QED) is 0.620. The molecule has 8 heteroatoms. The fraction of sp³-hybridized carbons (Fsp3) is 0. The molecule has 4 aromatic rings. The van der Waals surface area contributed by atoms with Gasteiger partial charge in [0.25, 0.3) is 5.91 Å². The lowest BCUT2D eigenvalue weighted by Gasteiger charge is -2.00. The minimum atomic E-state index is -0.321. The number of nitrogens with zero attached hydrogens (tertiary/aromatic N) is 6. The van der Waals surface area contributed by atoms with E-state index in [-0.39, 0.29) is 5.91 Å². The Labute approximate surface area is 130 Å². The van der Waals surface area contributed by atoms with Gasteiger partial charge in [0.05, 0.1) is 5.52 Å². The highest BCUT2D eigenvalue weighted by atomic mass is 16.2. The van der Waals surface area contributed by atoms with Crippen molar-refractivity contribution in [2.24, 2.45) is 0 Å². The van der Waals surface area contributed by atoms with Gasteiger partial charge in [0.1, 0.15) is 6.33 Å². The number of fused-ring (bicyclic) bond motifs is 1. The maximum atomic E-state index is 12.4. The lowest BCUT2D eigenvalue weighted by Crippen LogP contribution is -2.13. The van der Waals surface area contributed by atoms with Crippen molar-refractivity contribution in [3.8, 4) is 5.95 Å². The molecule has 0 atom stereocenters. The number of imidazole rings is 1. The summed E-state index contributed by atoms with van der Waals surface area (Å²) in [6.45, 7) is 0. The highest BCUT2D eigenvalue weighted by Gasteiger charge is 2.14. The number of anilines is 1. The highest BCUT2D eigenvalue weighted by molar-refractivity contribution is 6.07. The molecular weight excluding hydrogens is 294 g/mol. The molecule has 8 nitrogen and oxygen atoms in total. The van der Waals surface area contributed by atoms with Crippen molar-refractivity contribution in [3.63, 3.8) is 0 Å². The van der Waals surface area contributed by atoms with Crippen LogP contribution in [0.2, 0.25) is 0 Å². The van der Waals surface area contributed by atoms with E-state index in [4.69, 9.17) is 0 Å². The van der Waals surface area contributed by atoms with Gasteiger partial charge in [0.15, 0.2) is 11.5 Å². The van der Waals surface area contributed by atoms with Crippen LogP contribution in [0.25, 0.3) is 11.5 Å². The van der Waals surface area contributed by atoms with Crippen LogP contribution in [0.3, 0.4) is 0 Å². The maximum absolute atomic E-state index is 12.4. The van der Waals surface area contributed by atoms with E-state index >= 15 is 0 Å². The Morgan fingerprint density at radius 1 is 1.00 bits per heavy atom. The molecule has 1 amide bonds. The predicted octanol–water partition coefficient (Wildman–Crippen LogP) is 1.56. The van der Waals surface area contributed by atoms with Gasteiger partial charge in [-0.2, -0.15) is 0 Å². The van der Waals surface area contributed by atoms with Crippen LogP contribution in [0.4, 0.5) is 5.82 Å². The Morgan fingerprint density at radius 2 is 1.87 bits per heavy atom. The van der Waals surface area contributed by atoms with Gasteiger partial charge in [-0.25, -0.2) is 19.6 Å². The van der Waals surface area contributed by atoms with Gasteiger partial charge in [0, 0.05) is 30.9 Å². The van der Waals surface area contributed by atoms with Crippen LogP contribution in [0.1, 0.15) is 10.5 Å². The van der Waals surface area contributed by atoms with Crippen molar-refractivity contribution in [1.82, 2.24) is 29.1 Å². The van der Waals surface area contributed by atoms with E-state index in [0.29, 0.717) is 17.5 Å².